The standard InChI is InChI=1S/C23H17F6NO/c24-22(25,26)19-11-9-17(10-12-19)15-30(14-16-5-2-1-3-6-16)21(31)18-7-4-8-20(13-18)23(27,28)29/h1-13H,14-15H2. The van der Waals surface area contributed by atoms with Crippen molar-refractivity contribution >= 4 is 5.91 Å². The zero-order chi connectivity index (χ0) is 22.6. The van der Waals surface area contributed by atoms with Gasteiger partial charge in [-0.15, -0.1) is 0 Å². The second-order valence-electron chi connectivity index (χ2n) is 6.92. The van der Waals surface area contributed by atoms with Crippen molar-refractivity contribution in [2.24, 2.45) is 0 Å². The molecule has 0 fully saturated rings. The molecule has 0 spiro atoms. The normalized spacial score (nSPS) is 11.9. The van der Waals surface area contributed by atoms with Crippen molar-refractivity contribution in [3.8, 4) is 0 Å². The number of carbonyl (C=O) groups is 1. The summed E-state index contributed by atoms with van der Waals surface area (Å²) < 4.78 is 77.5. The van der Waals surface area contributed by atoms with Crippen LogP contribution < -0.4 is 0 Å². The Hall–Kier alpha value is -3.29. The summed E-state index contributed by atoms with van der Waals surface area (Å²) in [5.74, 6) is -0.658. The summed E-state index contributed by atoms with van der Waals surface area (Å²) in [6.45, 7) is 0.0129. The molecule has 0 saturated heterocycles. The largest absolute Gasteiger partial charge is 0.416 e. The van der Waals surface area contributed by atoms with E-state index in [1.54, 1.807) is 30.3 Å². The lowest BCUT2D eigenvalue weighted by molar-refractivity contribution is -0.138. The molecule has 0 aliphatic rings. The molecule has 0 heterocycles. The smallest absolute Gasteiger partial charge is 0.330 e. The number of alkyl halides is 6. The first kappa shape index (κ1) is 22.4. The van der Waals surface area contributed by atoms with Crippen LogP contribution in [0.25, 0.3) is 0 Å². The van der Waals surface area contributed by atoms with Gasteiger partial charge in [0.1, 0.15) is 0 Å². The molecule has 162 valence electrons. The zero-order valence-electron chi connectivity index (χ0n) is 16.0. The van der Waals surface area contributed by atoms with Gasteiger partial charge < -0.3 is 4.90 Å². The molecule has 0 unspecified atom stereocenters. The monoisotopic (exact) mass is 437 g/mol. The molecule has 0 radical (unpaired) electrons. The van der Waals surface area contributed by atoms with Crippen LogP contribution in [0.5, 0.6) is 0 Å². The second kappa shape index (κ2) is 8.83. The average Bonchev–Trinajstić information content (AvgIpc) is 2.73. The number of nitrogens with zero attached hydrogens (tertiary/aromatic N) is 1. The summed E-state index contributed by atoms with van der Waals surface area (Å²) >= 11 is 0. The molecule has 8 heteroatoms. The molecule has 0 aromatic heterocycles. The van der Waals surface area contributed by atoms with Crippen LogP contribution in [-0.4, -0.2) is 10.8 Å². The number of hydrogen-bond acceptors (Lipinski definition) is 1. The minimum atomic E-state index is -4.60. The van der Waals surface area contributed by atoms with E-state index >= 15 is 0 Å². The van der Waals surface area contributed by atoms with Crippen LogP contribution in [-0.2, 0) is 25.4 Å². The van der Waals surface area contributed by atoms with Crippen molar-refractivity contribution in [2.75, 3.05) is 0 Å². The molecule has 3 rings (SSSR count). The molecule has 3 aromatic rings. The fourth-order valence-corrected chi connectivity index (χ4v) is 3.03. The van der Waals surface area contributed by atoms with Gasteiger partial charge in [0.2, 0.25) is 0 Å². The van der Waals surface area contributed by atoms with Gasteiger partial charge in [-0.2, -0.15) is 26.3 Å². The van der Waals surface area contributed by atoms with E-state index in [9.17, 15) is 31.1 Å². The maximum absolute atomic E-state index is 13.0. The van der Waals surface area contributed by atoms with Gasteiger partial charge in [-0.3, -0.25) is 4.79 Å². The fourth-order valence-electron chi connectivity index (χ4n) is 3.03. The van der Waals surface area contributed by atoms with Gasteiger partial charge in [0.15, 0.2) is 0 Å². The first-order valence-corrected chi connectivity index (χ1v) is 9.20. The number of halogens is 6. The van der Waals surface area contributed by atoms with E-state index in [0.717, 1.165) is 35.9 Å². The van der Waals surface area contributed by atoms with E-state index in [2.05, 4.69) is 0 Å². The Kier molecular flexibility index (Phi) is 6.38. The van der Waals surface area contributed by atoms with Crippen molar-refractivity contribution in [3.63, 3.8) is 0 Å². The van der Waals surface area contributed by atoms with Gasteiger partial charge in [0.05, 0.1) is 11.1 Å². The summed E-state index contributed by atoms with van der Waals surface area (Å²) in [5, 5.41) is 0. The van der Waals surface area contributed by atoms with Crippen molar-refractivity contribution < 1.29 is 31.1 Å². The molecule has 1 amide bonds. The summed E-state index contributed by atoms with van der Waals surface area (Å²) in [4.78, 5) is 14.3. The van der Waals surface area contributed by atoms with Gasteiger partial charge in [-0.1, -0.05) is 48.5 Å². The average molecular weight is 437 g/mol. The Balaban J connectivity index is 1.90. The molecule has 3 aromatic carbocycles. The van der Waals surface area contributed by atoms with Crippen molar-refractivity contribution in [2.45, 2.75) is 25.4 Å². The first-order chi connectivity index (χ1) is 14.5. The van der Waals surface area contributed by atoms with Gasteiger partial charge in [0, 0.05) is 18.7 Å². The quantitative estimate of drug-likeness (QED) is 0.414. The predicted molar refractivity (Wildman–Crippen MR) is 103 cm³/mol. The van der Waals surface area contributed by atoms with Crippen LogP contribution in [0.15, 0.2) is 78.9 Å². The fraction of sp³-hybridized carbons (Fsp3) is 0.174. The van der Waals surface area contributed by atoms with E-state index in [1.807, 2.05) is 0 Å². The minimum Gasteiger partial charge on any atom is -0.330 e. The van der Waals surface area contributed by atoms with E-state index in [0.29, 0.717) is 5.56 Å². The van der Waals surface area contributed by atoms with Crippen LogP contribution in [0.4, 0.5) is 26.3 Å². The maximum Gasteiger partial charge on any atom is 0.416 e. The summed E-state index contributed by atoms with van der Waals surface area (Å²) in [6.07, 6.45) is -9.09. The summed E-state index contributed by atoms with van der Waals surface area (Å²) in [6, 6.07) is 17.2. The second-order valence-corrected chi connectivity index (χ2v) is 6.92. The molecule has 0 N–H and O–H groups in total. The lowest BCUT2D eigenvalue weighted by atomic mass is 10.1. The molecule has 0 saturated carbocycles. The van der Waals surface area contributed by atoms with E-state index in [4.69, 9.17) is 0 Å². The molecular formula is C23H17F6NO. The van der Waals surface area contributed by atoms with Crippen LogP contribution in [0.1, 0.15) is 32.6 Å². The van der Waals surface area contributed by atoms with Crippen molar-refractivity contribution in [1.29, 1.82) is 0 Å². The van der Waals surface area contributed by atoms with Crippen molar-refractivity contribution in [1.82, 2.24) is 4.90 Å². The molecular weight excluding hydrogens is 420 g/mol. The van der Waals surface area contributed by atoms with Crippen LogP contribution in [0, 0.1) is 0 Å². The lowest BCUT2D eigenvalue weighted by Crippen LogP contribution is -2.30. The SMILES string of the molecule is O=C(c1cccc(C(F)(F)F)c1)N(Cc1ccccc1)Cc1ccc(C(F)(F)F)cc1. The highest BCUT2D eigenvalue weighted by molar-refractivity contribution is 5.94. The Bertz CT molecular complexity index is 1030. The molecule has 2 nitrogen and oxygen atoms in total. The number of benzene rings is 3. The Morgan fingerprint density at radius 2 is 1.19 bits per heavy atom. The van der Waals surface area contributed by atoms with Crippen molar-refractivity contribution in [3.05, 3.63) is 107 Å². The van der Waals surface area contributed by atoms with Gasteiger partial charge in [-0.05, 0) is 41.5 Å². The topological polar surface area (TPSA) is 20.3 Å². The molecule has 0 aliphatic carbocycles. The highest BCUT2D eigenvalue weighted by Crippen LogP contribution is 2.31. The van der Waals surface area contributed by atoms with E-state index in [1.165, 1.54) is 23.1 Å². The molecule has 31 heavy (non-hydrogen) atoms. The summed E-state index contributed by atoms with van der Waals surface area (Å²) in [7, 11) is 0. The summed E-state index contributed by atoms with van der Waals surface area (Å²) in [5.41, 5.74) is -0.778. The Morgan fingerprint density at radius 1 is 0.645 bits per heavy atom. The van der Waals surface area contributed by atoms with Crippen LogP contribution >= 0.6 is 0 Å². The van der Waals surface area contributed by atoms with Gasteiger partial charge in [-0.25, -0.2) is 0 Å². The maximum atomic E-state index is 13.0. The number of carbonyl (C=O) groups excluding carboxylic acids is 1. The predicted octanol–water partition coefficient (Wildman–Crippen LogP) is 6.57. The highest BCUT2D eigenvalue weighted by atomic mass is 19.4. The molecule has 0 aliphatic heterocycles. The lowest BCUT2D eigenvalue weighted by Gasteiger charge is -2.24. The van der Waals surface area contributed by atoms with Crippen LogP contribution in [0.2, 0.25) is 0 Å². The number of hydrogen-bond donors (Lipinski definition) is 0. The molecule has 0 atom stereocenters. The third kappa shape index (κ3) is 5.87. The van der Waals surface area contributed by atoms with Crippen LogP contribution in [0.3, 0.4) is 0 Å². The Morgan fingerprint density at radius 3 is 1.74 bits per heavy atom. The zero-order valence-corrected chi connectivity index (χ0v) is 16.0. The van der Waals surface area contributed by atoms with E-state index in [-0.39, 0.29) is 18.7 Å². The molecule has 0 bridgehead atoms. The van der Waals surface area contributed by atoms with E-state index < -0.39 is 29.4 Å². The third-order valence-corrected chi connectivity index (χ3v) is 4.60. The third-order valence-electron chi connectivity index (χ3n) is 4.60. The minimum absolute atomic E-state index is 0.0674. The Labute approximate surface area is 174 Å². The van der Waals surface area contributed by atoms with Gasteiger partial charge in [0.25, 0.3) is 5.91 Å². The highest BCUT2D eigenvalue weighted by Gasteiger charge is 2.32. The number of amides is 1. The van der Waals surface area contributed by atoms with Gasteiger partial charge >= 0.3 is 12.4 Å². The number of rotatable bonds is 5. The first-order valence-electron chi connectivity index (χ1n) is 9.20.